The van der Waals surface area contributed by atoms with Crippen LogP contribution in [0.3, 0.4) is 0 Å². The Labute approximate surface area is 226 Å². The smallest absolute Gasteiger partial charge is 0.169 e. The van der Waals surface area contributed by atoms with Gasteiger partial charge in [-0.1, -0.05) is 136 Å². The van der Waals surface area contributed by atoms with Gasteiger partial charge in [0, 0.05) is 18.9 Å². The van der Waals surface area contributed by atoms with Crippen molar-refractivity contribution in [3.05, 3.63) is 0 Å². The van der Waals surface area contributed by atoms with Crippen LogP contribution < -0.4 is 0 Å². The van der Waals surface area contributed by atoms with Crippen LogP contribution in [-0.2, 0) is 9.47 Å². The van der Waals surface area contributed by atoms with Crippen LogP contribution in [0.4, 0.5) is 0 Å². The van der Waals surface area contributed by atoms with Crippen molar-refractivity contribution in [1.82, 2.24) is 4.90 Å². The van der Waals surface area contributed by atoms with Gasteiger partial charge in [-0.15, -0.1) is 0 Å². The lowest BCUT2D eigenvalue weighted by Gasteiger charge is -2.38. The molecule has 0 bridgehead atoms. The Hall–Kier alpha value is -0.120. The van der Waals surface area contributed by atoms with E-state index in [0.29, 0.717) is 18.2 Å². The third kappa shape index (κ3) is 13.1. The number of rotatable bonds is 22. The molecule has 1 aliphatic carbocycles. The maximum atomic E-state index is 6.80. The van der Waals surface area contributed by atoms with Crippen LogP contribution in [0.25, 0.3) is 0 Å². The second kappa shape index (κ2) is 19.9. The van der Waals surface area contributed by atoms with Gasteiger partial charge in [-0.25, -0.2) is 0 Å². The second-order valence-corrected chi connectivity index (χ2v) is 12.5. The monoisotopic (exact) mass is 508 g/mol. The van der Waals surface area contributed by atoms with Crippen LogP contribution in [0.1, 0.15) is 174 Å². The molecule has 2 rings (SSSR count). The molecule has 214 valence electrons. The Morgan fingerprint density at radius 3 is 1.19 bits per heavy atom. The Kier molecular flexibility index (Phi) is 17.7. The molecular weight excluding hydrogens is 442 g/mol. The van der Waals surface area contributed by atoms with E-state index in [1.165, 1.54) is 148 Å². The highest BCUT2D eigenvalue weighted by Crippen LogP contribution is 2.43. The molecule has 2 fully saturated rings. The minimum Gasteiger partial charge on any atom is -0.344 e. The lowest BCUT2D eigenvalue weighted by atomic mass is 9.89. The average molecular weight is 508 g/mol. The number of hydrogen-bond donors (Lipinski definition) is 0. The standard InChI is InChI=1S/C33H65NO2/c1-5-7-9-11-13-15-16-17-19-21-23-25-32-31(24-22-20-18-14-12-10-8-6-2)35-33(36-32)28-26-30(27-29-33)34(3)4/h30-32H,5-29H2,1-4H3. The topological polar surface area (TPSA) is 21.7 Å². The molecule has 1 spiro atoms. The lowest BCUT2D eigenvalue weighted by molar-refractivity contribution is -0.200. The molecule has 2 atom stereocenters. The van der Waals surface area contributed by atoms with E-state index in [1.807, 2.05) is 0 Å². The number of hydrogen-bond acceptors (Lipinski definition) is 3. The molecular formula is C33H65NO2. The van der Waals surface area contributed by atoms with E-state index in [9.17, 15) is 0 Å². The molecule has 0 aromatic rings. The minimum absolute atomic E-state index is 0.264. The first kappa shape index (κ1) is 32.1. The molecule has 0 aromatic heterocycles. The molecule has 0 amide bonds. The summed E-state index contributed by atoms with van der Waals surface area (Å²) in [5.41, 5.74) is 0. The molecule has 2 aliphatic rings. The van der Waals surface area contributed by atoms with Gasteiger partial charge in [0.15, 0.2) is 5.79 Å². The van der Waals surface area contributed by atoms with Gasteiger partial charge in [0.25, 0.3) is 0 Å². The first-order chi connectivity index (χ1) is 17.6. The molecule has 0 aromatic carbocycles. The summed E-state index contributed by atoms with van der Waals surface area (Å²) in [7, 11) is 4.44. The highest BCUT2D eigenvalue weighted by molar-refractivity contribution is 4.91. The van der Waals surface area contributed by atoms with Crippen LogP contribution in [0.5, 0.6) is 0 Å². The van der Waals surface area contributed by atoms with Crippen molar-refractivity contribution in [2.75, 3.05) is 14.1 Å². The van der Waals surface area contributed by atoms with E-state index in [-0.39, 0.29) is 5.79 Å². The van der Waals surface area contributed by atoms with E-state index >= 15 is 0 Å². The summed E-state index contributed by atoms with van der Waals surface area (Å²) in [5.74, 6) is -0.264. The summed E-state index contributed by atoms with van der Waals surface area (Å²) in [6.07, 6.45) is 34.3. The van der Waals surface area contributed by atoms with Crippen LogP contribution in [0, 0.1) is 0 Å². The number of nitrogens with zero attached hydrogens (tertiary/aromatic N) is 1. The summed E-state index contributed by atoms with van der Waals surface area (Å²) >= 11 is 0. The summed E-state index contributed by atoms with van der Waals surface area (Å²) < 4.78 is 13.6. The van der Waals surface area contributed by atoms with E-state index < -0.39 is 0 Å². The molecule has 1 heterocycles. The Balaban J connectivity index is 1.65. The Morgan fingerprint density at radius 2 is 0.861 bits per heavy atom. The van der Waals surface area contributed by atoms with Crippen LogP contribution in [0.15, 0.2) is 0 Å². The van der Waals surface area contributed by atoms with Crippen molar-refractivity contribution in [1.29, 1.82) is 0 Å². The molecule has 1 saturated carbocycles. The highest BCUT2D eigenvalue weighted by atomic mass is 16.8. The molecule has 0 radical (unpaired) electrons. The summed E-state index contributed by atoms with van der Waals surface area (Å²) in [6, 6.07) is 0.694. The van der Waals surface area contributed by atoms with Crippen molar-refractivity contribution in [3.8, 4) is 0 Å². The zero-order valence-electron chi connectivity index (χ0n) is 25.2. The van der Waals surface area contributed by atoms with E-state index in [4.69, 9.17) is 9.47 Å². The quantitative estimate of drug-likeness (QED) is 0.136. The molecule has 3 nitrogen and oxygen atoms in total. The van der Waals surface area contributed by atoms with Gasteiger partial charge >= 0.3 is 0 Å². The molecule has 3 heteroatoms. The fourth-order valence-electron chi connectivity index (χ4n) is 6.50. The summed E-state index contributed by atoms with van der Waals surface area (Å²) in [4.78, 5) is 2.39. The van der Waals surface area contributed by atoms with Crippen molar-refractivity contribution in [2.24, 2.45) is 0 Å². The normalized spacial score (nSPS) is 26.4. The van der Waals surface area contributed by atoms with E-state index in [1.54, 1.807) is 0 Å². The largest absolute Gasteiger partial charge is 0.344 e. The maximum absolute atomic E-state index is 6.80. The third-order valence-corrected chi connectivity index (χ3v) is 9.03. The maximum Gasteiger partial charge on any atom is 0.169 e. The van der Waals surface area contributed by atoms with Gasteiger partial charge in [0.2, 0.25) is 0 Å². The fourth-order valence-corrected chi connectivity index (χ4v) is 6.50. The SMILES string of the molecule is CCCCCCCCCCCCCC1OC2(CCC(N(C)C)CC2)OC1CCCCCCCCCC. The van der Waals surface area contributed by atoms with Gasteiger partial charge in [0.05, 0.1) is 12.2 Å². The van der Waals surface area contributed by atoms with E-state index in [0.717, 1.165) is 12.8 Å². The molecule has 2 unspecified atom stereocenters. The second-order valence-electron chi connectivity index (χ2n) is 12.5. The highest BCUT2D eigenvalue weighted by Gasteiger charge is 2.48. The van der Waals surface area contributed by atoms with Crippen molar-refractivity contribution >= 4 is 0 Å². The molecule has 1 saturated heterocycles. The first-order valence-corrected chi connectivity index (χ1v) is 16.6. The van der Waals surface area contributed by atoms with Gasteiger partial charge in [0.1, 0.15) is 0 Å². The first-order valence-electron chi connectivity index (χ1n) is 16.6. The fraction of sp³-hybridized carbons (Fsp3) is 1.00. The lowest BCUT2D eigenvalue weighted by Crippen LogP contribution is -2.42. The average Bonchev–Trinajstić information content (AvgIpc) is 3.20. The van der Waals surface area contributed by atoms with Crippen LogP contribution >= 0.6 is 0 Å². The molecule has 36 heavy (non-hydrogen) atoms. The van der Waals surface area contributed by atoms with E-state index in [2.05, 4.69) is 32.8 Å². The van der Waals surface area contributed by atoms with Crippen LogP contribution in [0.2, 0.25) is 0 Å². The summed E-state index contributed by atoms with van der Waals surface area (Å²) in [6.45, 7) is 4.60. The van der Waals surface area contributed by atoms with Gasteiger partial charge in [-0.3, -0.25) is 0 Å². The molecule has 1 aliphatic heterocycles. The van der Waals surface area contributed by atoms with Gasteiger partial charge in [-0.2, -0.15) is 0 Å². The van der Waals surface area contributed by atoms with Crippen molar-refractivity contribution in [3.63, 3.8) is 0 Å². The predicted molar refractivity (Wildman–Crippen MR) is 157 cm³/mol. The van der Waals surface area contributed by atoms with Gasteiger partial charge < -0.3 is 14.4 Å². The van der Waals surface area contributed by atoms with Crippen LogP contribution in [-0.4, -0.2) is 43.0 Å². The third-order valence-electron chi connectivity index (χ3n) is 9.03. The molecule has 0 N–H and O–H groups in total. The number of ether oxygens (including phenoxy) is 2. The Morgan fingerprint density at radius 1 is 0.528 bits per heavy atom. The zero-order chi connectivity index (χ0) is 25.9. The van der Waals surface area contributed by atoms with Gasteiger partial charge in [-0.05, 0) is 39.8 Å². The Bertz CT molecular complexity index is 500. The number of unbranched alkanes of at least 4 members (excludes halogenated alkanes) is 17. The van der Waals surface area contributed by atoms with Crippen molar-refractivity contribution in [2.45, 2.75) is 198 Å². The zero-order valence-corrected chi connectivity index (χ0v) is 25.2. The predicted octanol–water partition coefficient (Wildman–Crippen LogP) is 10.2. The van der Waals surface area contributed by atoms with Crippen molar-refractivity contribution < 1.29 is 9.47 Å². The summed E-state index contributed by atoms with van der Waals surface area (Å²) in [5, 5.41) is 0. The minimum atomic E-state index is -0.264.